The molecule has 3 heteroatoms. The highest BCUT2D eigenvalue weighted by Gasteiger charge is 2.08. The lowest BCUT2D eigenvalue weighted by atomic mass is 10.4. The van der Waals surface area contributed by atoms with Crippen LogP contribution >= 0.6 is 11.8 Å². The van der Waals surface area contributed by atoms with Gasteiger partial charge >= 0.3 is 0 Å². The highest BCUT2D eigenvalue weighted by atomic mass is 32.2. The summed E-state index contributed by atoms with van der Waals surface area (Å²) in [5, 5.41) is 3.20. The third-order valence-electron chi connectivity index (χ3n) is 1.94. The molecular formula is C9H16N2S. The molecule has 0 radical (unpaired) electrons. The Morgan fingerprint density at radius 3 is 2.83 bits per heavy atom. The predicted molar refractivity (Wildman–Crippen MR) is 55.5 cm³/mol. The zero-order chi connectivity index (χ0) is 8.65. The molecule has 1 fully saturated rings. The van der Waals surface area contributed by atoms with E-state index < -0.39 is 0 Å². The van der Waals surface area contributed by atoms with Crippen LogP contribution in [-0.2, 0) is 0 Å². The van der Waals surface area contributed by atoms with Gasteiger partial charge in [0.25, 0.3) is 0 Å². The van der Waals surface area contributed by atoms with Crippen molar-refractivity contribution in [3.8, 4) is 12.3 Å². The molecule has 0 aromatic rings. The number of thioether (sulfide) groups is 1. The molecule has 0 aliphatic carbocycles. The van der Waals surface area contributed by atoms with Crippen molar-refractivity contribution < 1.29 is 0 Å². The molecule has 0 saturated carbocycles. The number of nitrogens with zero attached hydrogens (tertiary/aromatic N) is 1. The number of hydrogen-bond acceptors (Lipinski definition) is 3. The van der Waals surface area contributed by atoms with Crippen LogP contribution in [0.3, 0.4) is 0 Å². The lowest BCUT2D eigenvalue weighted by molar-refractivity contribution is 0.303. The molecule has 12 heavy (non-hydrogen) atoms. The number of hydrogen-bond donors (Lipinski definition) is 1. The van der Waals surface area contributed by atoms with Crippen molar-refractivity contribution in [2.75, 3.05) is 44.2 Å². The van der Waals surface area contributed by atoms with Crippen LogP contribution in [0.1, 0.15) is 0 Å². The van der Waals surface area contributed by atoms with E-state index >= 15 is 0 Å². The van der Waals surface area contributed by atoms with Crippen LogP contribution in [0.5, 0.6) is 0 Å². The lowest BCUT2D eigenvalue weighted by Gasteiger charge is -2.25. The van der Waals surface area contributed by atoms with Crippen LogP contribution in [0, 0.1) is 12.3 Å². The largest absolute Gasteiger partial charge is 0.305 e. The average Bonchev–Trinajstić information content (AvgIpc) is 2.14. The second-order valence-electron chi connectivity index (χ2n) is 2.83. The zero-order valence-corrected chi connectivity index (χ0v) is 8.20. The van der Waals surface area contributed by atoms with E-state index in [1.807, 2.05) is 11.8 Å². The van der Waals surface area contributed by atoms with Crippen LogP contribution < -0.4 is 5.32 Å². The van der Waals surface area contributed by atoms with Gasteiger partial charge in [0.1, 0.15) is 0 Å². The number of terminal acetylenes is 1. The first-order chi connectivity index (χ1) is 5.93. The van der Waals surface area contributed by atoms with Gasteiger partial charge in [-0.15, -0.1) is 6.42 Å². The van der Waals surface area contributed by atoms with Gasteiger partial charge in [0.2, 0.25) is 0 Å². The molecule has 0 amide bonds. The SMILES string of the molecule is C#CCNCCN1CCSCC1. The minimum atomic E-state index is 0.697. The Hall–Kier alpha value is -0.170. The fourth-order valence-electron chi connectivity index (χ4n) is 1.22. The fraction of sp³-hybridized carbons (Fsp3) is 0.778. The number of rotatable bonds is 4. The Bertz CT molecular complexity index is 147. The van der Waals surface area contributed by atoms with E-state index in [0.29, 0.717) is 6.54 Å². The monoisotopic (exact) mass is 184 g/mol. The maximum absolute atomic E-state index is 5.12. The first-order valence-corrected chi connectivity index (χ1v) is 5.53. The third-order valence-corrected chi connectivity index (χ3v) is 2.88. The summed E-state index contributed by atoms with van der Waals surface area (Å²) in [5.74, 6) is 5.15. The standard InChI is InChI=1S/C9H16N2S/c1-2-3-10-4-5-11-6-8-12-9-7-11/h1,10H,3-9H2. The highest BCUT2D eigenvalue weighted by molar-refractivity contribution is 7.99. The normalized spacial score (nSPS) is 18.9. The van der Waals surface area contributed by atoms with E-state index in [2.05, 4.69) is 16.1 Å². The van der Waals surface area contributed by atoms with Gasteiger partial charge in [-0.05, 0) is 0 Å². The molecule has 1 heterocycles. The van der Waals surface area contributed by atoms with E-state index in [-0.39, 0.29) is 0 Å². The Kier molecular flexibility index (Phi) is 5.25. The second kappa shape index (κ2) is 6.36. The summed E-state index contributed by atoms with van der Waals surface area (Å²) in [6.07, 6.45) is 5.12. The van der Waals surface area contributed by atoms with Gasteiger partial charge in [0, 0.05) is 37.7 Å². The van der Waals surface area contributed by atoms with Gasteiger partial charge in [-0.3, -0.25) is 0 Å². The van der Waals surface area contributed by atoms with Gasteiger partial charge < -0.3 is 10.2 Å². The second-order valence-corrected chi connectivity index (χ2v) is 4.06. The fourth-order valence-corrected chi connectivity index (χ4v) is 2.20. The van der Waals surface area contributed by atoms with Gasteiger partial charge in [0.15, 0.2) is 0 Å². The van der Waals surface area contributed by atoms with Crippen molar-refractivity contribution in [2.24, 2.45) is 0 Å². The quantitative estimate of drug-likeness (QED) is 0.498. The average molecular weight is 184 g/mol. The number of nitrogens with one attached hydrogen (secondary N) is 1. The molecule has 68 valence electrons. The first kappa shape index (κ1) is 9.91. The summed E-state index contributed by atoms with van der Waals surface area (Å²) in [6.45, 7) is 5.34. The maximum atomic E-state index is 5.12. The van der Waals surface area contributed by atoms with Crippen LogP contribution in [0.4, 0.5) is 0 Å². The maximum Gasteiger partial charge on any atom is 0.0574 e. The Balaban J connectivity index is 1.95. The molecule has 0 aromatic heterocycles. The predicted octanol–water partition coefficient (Wildman–Crippen LogP) is 0.258. The van der Waals surface area contributed by atoms with E-state index in [9.17, 15) is 0 Å². The molecular weight excluding hydrogens is 168 g/mol. The van der Waals surface area contributed by atoms with E-state index in [1.165, 1.54) is 24.6 Å². The summed E-state index contributed by atoms with van der Waals surface area (Å²) in [6, 6.07) is 0. The Morgan fingerprint density at radius 2 is 2.17 bits per heavy atom. The molecule has 0 spiro atoms. The molecule has 1 aliphatic rings. The van der Waals surface area contributed by atoms with E-state index in [1.54, 1.807) is 0 Å². The molecule has 1 N–H and O–H groups in total. The van der Waals surface area contributed by atoms with Crippen molar-refractivity contribution in [1.82, 2.24) is 10.2 Å². The van der Waals surface area contributed by atoms with Crippen LogP contribution in [0.25, 0.3) is 0 Å². The Labute approximate surface area is 79.1 Å². The molecule has 0 bridgehead atoms. The summed E-state index contributed by atoms with van der Waals surface area (Å²) in [5.41, 5.74) is 0. The van der Waals surface area contributed by atoms with E-state index in [4.69, 9.17) is 6.42 Å². The summed E-state index contributed by atoms with van der Waals surface area (Å²) in [4.78, 5) is 2.49. The van der Waals surface area contributed by atoms with Gasteiger partial charge in [-0.1, -0.05) is 5.92 Å². The summed E-state index contributed by atoms with van der Waals surface area (Å²) >= 11 is 2.05. The smallest absolute Gasteiger partial charge is 0.0574 e. The van der Waals surface area contributed by atoms with Gasteiger partial charge in [-0.25, -0.2) is 0 Å². The van der Waals surface area contributed by atoms with Crippen molar-refractivity contribution >= 4 is 11.8 Å². The van der Waals surface area contributed by atoms with Crippen molar-refractivity contribution in [1.29, 1.82) is 0 Å². The summed E-state index contributed by atoms with van der Waals surface area (Å²) in [7, 11) is 0. The van der Waals surface area contributed by atoms with Crippen molar-refractivity contribution in [3.05, 3.63) is 0 Å². The van der Waals surface area contributed by atoms with Crippen molar-refractivity contribution in [2.45, 2.75) is 0 Å². The minimum Gasteiger partial charge on any atom is -0.305 e. The molecule has 1 aliphatic heterocycles. The third kappa shape index (κ3) is 4.01. The zero-order valence-electron chi connectivity index (χ0n) is 7.38. The highest BCUT2D eigenvalue weighted by Crippen LogP contribution is 2.07. The minimum absolute atomic E-state index is 0.697. The lowest BCUT2D eigenvalue weighted by Crippen LogP contribution is -2.37. The van der Waals surface area contributed by atoms with Crippen molar-refractivity contribution in [3.63, 3.8) is 0 Å². The molecule has 2 nitrogen and oxygen atoms in total. The van der Waals surface area contributed by atoms with Crippen LogP contribution in [0.2, 0.25) is 0 Å². The van der Waals surface area contributed by atoms with Gasteiger partial charge in [0.05, 0.1) is 6.54 Å². The van der Waals surface area contributed by atoms with Gasteiger partial charge in [-0.2, -0.15) is 11.8 Å². The summed E-state index contributed by atoms with van der Waals surface area (Å²) < 4.78 is 0. The van der Waals surface area contributed by atoms with Crippen LogP contribution in [0.15, 0.2) is 0 Å². The molecule has 0 atom stereocenters. The molecule has 1 saturated heterocycles. The first-order valence-electron chi connectivity index (χ1n) is 4.38. The Morgan fingerprint density at radius 1 is 1.42 bits per heavy atom. The molecule has 0 aromatic carbocycles. The topological polar surface area (TPSA) is 15.3 Å². The molecule has 1 rings (SSSR count). The van der Waals surface area contributed by atoms with E-state index in [0.717, 1.165) is 13.1 Å². The molecule has 0 unspecified atom stereocenters. The van der Waals surface area contributed by atoms with Crippen LogP contribution in [-0.4, -0.2) is 49.1 Å².